The van der Waals surface area contributed by atoms with Gasteiger partial charge in [-0.1, -0.05) is 23.2 Å². The summed E-state index contributed by atoms with van der Waals surface area (Å²) >= 11 is 11.7. The van der Waals surface area contributed by atoms with Crippen molar-refractivity contribution in [1.29, 1.82) is 0 Å². The normalized spacial score (nSPS) is 18.2. The summed E-state index contributed by atoms with van der Waals surface area (Å²) in [4.78, 5) is 27.7. The first-order valence-corrected chi connectivity index (χ1v) is 7.43. The molecule has 4 nitrogen and oxygen atoms in total. The fourth-order valence-electron chi connectivity index (χ4n) is 2.43. The summed E-state index contributed by atoms with van der Waals surface area (Å²) in [6, 6.07) is 12.4. The lowest BCUT2D eigenvalue weighted by molar-refractivity contribution is -0.117. The number of halogens is 2. The largest absolute Gasteiger partial charge is 0.336 e. The smallest absolute Gasteiger partial charge is 0.281 e. The van der Waals surface area contributed by atoms with E-state index in [0.717, 1.165) is 4.90 Å². The highest BCUT2D eigenvalue weighted by atomic mass is 35.5. The third-order valence-corrected chi connectivity index (χ3v) is 4.06. The van der Waals surface area contributed by atoms with Gasteiger partial charge in [-0.05, 0) is 55.5 Å². The number of anilines is 2. The van der Waals surface area contributed by atoms with Crippen molar-refractivity contribution in [2.24, 2.45) is 0 Å². The van der Waals surface area contributed by atoms with Crippen molar-refractivity contribution >= 4 is 46.5 Å². The van der Waals surface area contributed by atoms with Crippen molar-refractivity contribution in [1.82, 2.24) is 0 Å². The minimum Gasteiger partial charge on any atom is -0.281 e. The van der Waals surface area contributed by atoms with Crippen LogP contribution >= 0.6 is 23.2 Å². The van der Waals surface area contributed by atoms with Crippen molar-refractivity contribution in [2.75, 3.05) is 9.80 Å². The molecule has 1 aliphatic rings. The molecular weight excluding hydrogens is 323 g/mol. The summed E-state index contributed by atoms with van der Waals surface area (Å²) in [5.41, 5.74) is 1.13. The van der Waals surface area contributed by atoms with E-state index in [2.05, 4.69) is 0 Å². The minimum absolute atomic E-state index is 0.276. The highest BCUT2D eigenvalue weighted by Crippen LogP contribution is 2.30. The standard InChI is InChI=1S/C16H12Cl2N2O2/c1-10-15(21)20(14-8-4-12(18)5-9-14)16(22)19(10)13-6-2-11(17)3-7-13/h2-10H,1H3. The van der Waals surface area contributed by atoms with Gasteiger partial charge in [0.25, 0.3) is 5.91 Å². The number of carbonyl (C=O) groups is 2. The molecule has 2 aromatic rings. The van der Waals surface area contributed by atoms with E-state index >= 15 is 0 Å². The van der Waals surface area contributed by atoms with E-state index in [4.69, 9.17) is 23.2 Å². The van der Waals surface area contributed by atoms with Gasteiger partial charge in [0.2, 0.25) is 0 Å². The molecule has 0 spiro atoms. The summed E-state index contributed by atoms with van der Waals surface area (Å²) in [7, 11) is 0. The zero-order valence-corrected chi connectivity index (χ0v) is 13.2. The Kier molecular flexibility index (Phi) is 3.81. The lowest BCUT2D eigenvalue weighted by Gasteiger charge is -2.19. The van der Waals surface area contributed by atoms with Gasteiger partial charge in [0.1, 0.15) is 6.04 Å². The van der Waals surface area contributed by atoms with Gasteiger partial charge >= 0.3 is 6.03 Å². The fraction of sp³-hybridized carbons (Fsp3) is 0.125. The van der Waals surface area contributed by atoms with E-state index in [9.17, 15) is 9.59 Å². The summed E-state index contributed by atoms with van der Waals surface area (Å²) < 4.78 is 0. The first-order valence-electron chi connectivity index (χ1n) is 6.67. The van der Waals surface area contributed by atoms with Crippen LogP contribution < -0.4 is 9.80 Å². The molecule has 1 saturated heterocycles. The van der Waals surface area contributed by atoms with Gasteiger partial charge in [0.05, 0.1) is 5.69 Å². The van der Waals surface area contributed by atoms with Crippen LogP contribution in [-0.2, 0) is 4.79 Å². The Bertz CT molecular complexity index is 729. The van der Waals surface area contributed by atoms with Crippen LogP contribution in [0, 0.1) is 0 Å². The predicted octanol–water partition coefficient (Wildman–Crippen LogP) is 4.36. The van der Waals surface area contributed by atoms with Crippen LogP contribution in [0.4, 0.5) is 16.2 Å². The molecule has 1 heterocycles. The van der Waals surface area contributed by atoms with E-state index in [-0.39, 0.29) is 11.9 Å². The molecule has 1 fully saturated rings. The SMILES string of the molecule is CC1C(=O)N(c2ccc(Cl)cc2)C(=O)N1c1ccc(Cl)cc1. The molecule has 1 atom stereocenters. The third kappa shape index (κ3) is 2.45. The molecule has 1 aliphatic heterocycles. The molecule has 0 aromatic heterocycles. The molecule has 0 aliphatic carbocycles. The second kappa shape index (κ2) is 5.63. The molecule has 6 heteroatoms. The predicted molar refractivity (Wildman–Crippen MR) is 87.7 cm³/mol. The Balaban J connectivity index is 1.98. The minimum atomic E-state index is -0.579. The molecule has 0 bridgehead atoms. The van der Waals surface area contributed by atoms with Gasteiger partial charge in [0.15, 0.2) is 0 Å². The quantitative estimate of drug-likeness (QED) is 0.766. The Morgan fingerprint density at radius 1 is 0.818 bits per heavy atom. The summed E-state index contributed by atoms with van der Waals surface area (Å²) in [6.45, 7) is 1.70. The van der Waals surface area contributed by atoms with Crippen LogP contribution in [0.25, 0.3) is 0 Å². The van der Waals surface area contributed by atoms with Crippen molar-refractivity contribution in [3.05, 3.63) is 58.6 Å². The van der Waals surface area contributed by atoms with Gasteiger partial charge in [-0.3, -0.25) is 9.69 Å². The molecular formula is C16H12Cl2N2O2. The number of hydrogen-bond donors (Lipinski definition) is 0. The number of hydrogen-bond acceptors (Lipinski definition) is 2. The van der Waals surface area contributed by atoms with Gasteiger partial charge in [-0.2, -0.15) is 0 Å². The molecule has 0 radical (unpaired) electrons. The molecule has 1 unspecified atom stereocenters. The molecule has 0 N–H and O–H groups in total. The summed E-state index contributed by atoms with van der Waals surface area (Å²) in [5.74, 6) is -0.276. The van der Waals surface area contributed by atoms with Gasteiger partial charge < -0.3 is 0 Å². The van der Waals surface area contributed by atoms with Crippen LogP contribution in [0.5, 0.6) is 0 Å². The van der Waals surface area contributed by atoms with E-state index in [1.807, 2.05) is 0 Å². The fourth-order valence-corrected chi connectivity index (χ4v) is 2.68. The third-order valence-electron chi connectivity index (χ3n) is 3.55. The number of rotatable bonds is 2. The number of nitrogens with zero attached hydrogens (tertiary/aromatic N) is 2. The highest BCUT2D eigenvalue weighted by molar-refractivity contribution is 6.32. The maximum absolute atomic E-state index is 12.7. The lowest BCUT2D eigenvalue weighted by Crippen LogP contribution is -2.33. The topological polar surface area (TPSA) is 40.6 Å². The lowest BCUT2D eigenvalue weighted by atomic mass is 10.2. The van der Waals surface area contributed by atoms with Crippen LogP contribution in [0.15, 0.2) is 48.5 Å². The number of urea groups is 1. The number of benzene rings is 2. The second-order valence-corrected chi connectivity index (χ2v) is 5.83. The van der Waals surface area contributed by atoms with E-state index in [0.29, 0.717) is 21.4 Å². The van der Waals surface area contributed by atoms with E-state index in [1.165, 1.54) is 4.90 Å². The molecule has 112 valence electrons. The number of amides is 3. The van der Waals surface area contributed by atoms with Crippen molar-refractivity contribution < 1.29 is 9.59 Å². The molecule has 3 rings (SSSR count). The van der Waals surface area contributed by atoms with Gasteiger partial charge in [0, 0.05) is 15.7 Å². The molecule has 0 saturated carbocycles. The number of carbonyl (C=O) groups excluding carboxylic acids is 2. The van der Waals surface area contributed by atoms with Gasteiger partial charge in [-0.15, -0.1) is 0 Å². The second-order valence-electron chi connectivity index (χ2n) is 4.96. The van der Waals surface area contributed by atoms with Crippen molar-refractivity contribution in [3.8, 4) is 0 Å². The summed E-state index contributed by atoms with van der Waals surface area (Å²) in [6.07, 6.45) is 0. The van der Waals surface area contributed by atoms with E-state index in [1.54, 1.807) is 55.5 Å². The van der Waals surface area contributed by atoms with Crippen LogP contribution in [0.1, 0.15) is 6.92 Å². The highest BCUT2D eigenvalue weighted by Gasteiger charge is 2.44. The monoisotopic (exact) mass is 334 g/mol. The Morgan fingerprint density at radius 2 is 1.27 bits per heavy atom. The molecule has 3 amide bonds. The molecule has 2 aromatic carbocycles. The molecule has 22 heavy (non-hydrogen) atoms. The zero-order chi connectivity index (χ0) is 15.9. The van der Waals surface area contributed by atoms with Crippen molar-refractivity contribution in [2.45, 2.75) is 13.0 Å². The Morgan fingerprint density at radius 3 is 1.77 bits per heavy atom. The Labute approximate surface area is 137 Å². The maximum Gasteiger partial charge on any atom is 0.336 e. The average molecular weight is 335 g/mol. The van der Waals surface area contributed by atoms with Crippen LogP contribution in [0.2, 0.25) is 10.0 Å². The Hall–Kier alpha value is -2.04. The summed E-state index contributed by atoms with van der Waals surface area (Å²) in [5, 5.41) is 1.12. The number of imide groups is 1. The van der Waals surface area contributed by atoms with Crippen molar-refractivity contribution in [3.63, 3.8) is 0 Å². The van der Waals surface area contributed by atoms with Crippen LogP contribution in [-0.4, -0.2) is 18.0 Å². The average Bonchev–Trinajstić information content (AvgIpc) is 2.72. The van der Waals surface area contributed by atoms with Crippen LogP contribution in [0.3, 0.4) is 0 Å². The first-order chi connectivity index (χ1) is 10.5. The van der Waals surface area contributed by atoms with Gasteiger partial charge in [-0.25, -0.2) is 9.69 Å². The first kappa shape index (κ1) is 14.9. The zero-order valence-electron chi connectivity index (χ0n) is 11.7. The van der Waals surface area contributed by atoms with E-state index < -0.39 is 6.04 Å². The maximum atomic E-state index is 12.7.